The molecule has 30 heavy (non-hydrogen) atoms. The molecule has 2 aromatic carbocycles. The Kier molecular flexibility index (Phi) is 5.26. The van der Waals surface area contributed by atoms with Gasteiger partial charge in [0.25, 0.3) is 5.56 Å². The van der Waals surface area contributed by atoms with Gasteiger partial charge in [0.15, 0.2) is 11.5 Å². The molecule has 8 heteroatoms. The molecule has 2 aromatic heterocycles. The Morgan fingerprint density at radius 3 is 2.27 bits per heavy atom. The monoisotopic (exact) mass is 422 g/mol. The summed E-state index contributed by atoms with van der Waals surface area (Å²) in [6, 6.07) is 13.9. The largest absolute Gasteiger partial charge is 0.332 e. The highest BCUT2D eigenvalue weighted by atomic mass is 32.2. The van der Waals surface area contributed by atoms with Gasteiger partial charge in [-0.2, -0.15) is 0 Å². The van der Waals surface area contributed by atoms with Crippen molar-refractivity contribution in [2.24, 2.45) is 14.1 Å². The first kappa shape index (κ1) is 20.0. The lowest BCUT2D eigenvalue weighted by molar-refractivity contribution is 0.628. The zero-order chi connectivity index (χ0) is 21.4. The van der Waals surface area contributed by atoms with Crippen molar-refractivity contribution in [3.8, 4) is 11.4 Å². The summed E-state index contributed by atoms with van der Waals surface area (Å²) in [5.74, 6) is 0.563. The summed E-state index contributed by atoms with van der Waals surface area (Å²) in [6.45, 7) is 2.02. The molecule has 0 aliphatic rings. The second-order valence-corrected chi connectivity index (χ2v) is 8.00. The summed E-state index contributed by atoms with van der Waals surface area (Å²) in [5.41, 5.74) is 2.20. The highest BCUT2D eigenvalue weighted by molar-refractivity contribution is 7.98. The molecule has 0 bridgehead atoms. The number of thioether (sulfide) groups is 1. The van der Waals surface area contributed by atoms with E-state index in [9.17, 15) is 14.0 Å². The summed E-state index contributed by atoms with van der Waals surface area (Å²) in [7, 11) is 3.01. The van der Waals surface area contributed by atoms with Crippen molar-refractivity contribution in [3.63, 3.8) is 0 Å². The van der Waals surface area contributed by atoms with Crippen LogP contribution in [0.4, 0.5) is 4.39 Å². The zero-order valence-electron chi connectivity index (χ0n) is 16.7. The molecule has 0 saturated carbocycles. The van der Waals surface area contributed by atoms with Gasteiger partial charge >= 0.3 is 5.69 Å². The summed E-state index contributed by atoms with van der Waals surface area (Å²) < 4.78 is 15.7. The zero-order valence-corrected chi connectivity index (χ0v) is 17.5. The predicted molar refractivity (Wildman–Crippen MR) is 116 cm³/mol. The number of benzene rings is 2. The van der Waals surface area contributed by atoms with Crippen LogP contribution in [0.25, 0.3) is 22.4 Å². The van der Waals surface area contributed by atoms with Gasteiger partial charge in [-0.05, 0) is 36.8 Å². The fourth-order valence-corrected chi connectivity index (χ4v) is 4.07. The van der Waals surface area contributed by atoms with Crippen molar-refractivity contribution in [3.05, 3.63) is 86.3 Å². The topological polar surface area (TPSA) is 69.8 Å². The Balaban J connectivity index is 1.90. The number of fused-ring (bicyclic) bond motifs is 1. The van der Waals surface area contributed by atoms with Crippen LogP contribution in [-0.4, -0.2) is 19.1 Å². The number of rotatable bonds is 4. The molecule has 0 atom stereocenters. The molecule has 0 aliphatic heterocycles. The van der Waals surface area contributed by atoms with Gasteiger partial charge in [0.2, 0.25) is 0 Å². The minimum absolute atomic E-state index is 0.254. The van der Waals surface area contributed by atoms with Crippen LogP contribution < -0.4 is 11.2 Å². The summed E-state index contributed by atoms with van der Waals surface area (Å²) in [4.78, 5) is 34.4. The van der Waals surface area contributed by atoms with Crippen LogP contribution in [-0.2, 0) is 19.8 Å². The SMILES string of the molecule is Cc1ccc(CSc2nc(-c3ccc(F)cc3)nc3c2c(=O)n(C)c(=O)n3C)cc1. The first-order chi connectivity index (χ1) is 14.3. The Morgan fingerprint density at radius 2 is 1.60 bits per heavy atom. The van der Waals surface area contributed by atoms with E-state index in [-0.39, 0.29) is 11.5 Å². The lowest BCUT2D eigenvalue weighted by Crippen LogP contribution is -2.37. The molecule has 4 aromatic rings. The van der Waals surface area contributed by atoms with E-state index in [0.717, 1.165) is 10.1 Å². The van der Waals surface area contributed by atoms with Crippen molar-refractivity contribution >= 4 is 22.8 Å². The summed E-state index contributed by atoms with van der Waals surface area (Å²) >= 11 is 1.40. The number of aryl methyl sites for hydroxylation is 2. The maximum Gasteiger partial charge on any atom is 0.332 e. The van der Waals surface area contributed by atoms with Crippen molar-refractivity contribution < 1.29 is 4.39 Å². The molecule has 0 fully saturated rings. The van der Waals surface area contributed by atoms with Crippen molar-refractivity contribution in [1.82, 2.24) is 19.1 Å². The number of hydrogen-bond donors (Lipinski definition) is 0. The molecule has 4 rings (SSSR count). The Morgan fingerprint density at radius 1 is 0.933 bits per heavy atom. The molecule has 0 N–H and O–H groups in total. The van der Waals surface area contributed by atoms with Crippen molar-refractivity contribution in [1.29, 1.82) is 0 Å². The third kappa shape index (κ3) is 3.66. The van der Waals surface area contributed by atoms with E-state index in [0.29, 0.717) is 27.6 Å². The van der Waals surface area contributed by atoms with Gasteiger partial charge in [0.05, 0.1) is 0 Å². The van der Waals surface area contributed by atoms with Crippen LogP contribution in [0.5, 0.6) is 0 Å². The first-order valence-electron chi connectivity index (χ1n) is 9.27. The lowest BCUT2D eigenvalue weighted by atomic mass is 10.2. The van der Waals surface area contributed by atoms with Crippen LogP contribution in [0.3, 0.4) is 0 Å². The van der Waals surface area contributed by atoms with E-state index in [1.807, 2.05) is 31.2 Å². The smallest absolute Gasteiger partial charge is 0.280 e. The van der Waals surface area contributed by atoms with Gasteiger partial charge in [-0.1, -0.05) is 29.8 Å². The van der Waals surface area contributed by atoms with Crippen molar-refractivity contribution in [2.75, 3.05) is 0 Å². The number of nitrogens with zero attached hydrogens (tertiary/aromatic N) is 4. The molecule has 0 unspecified atom stereocenters. The van der Waals surface area contributed by atoms with Gasteiger partial charge in [0, 0.05) is 25.4 Å². The van der Waals surface area contributed by atoms with Gasteiger partial charge in [0.1, 0.15) is 16.2 Å². The maximum atomic E-state index is 13.4. The second kappa shape index (κ2) is 7.87. The lowest BCUT2D eigenvalue weighted by Gasteiger charge is -2.12. The number of hydrogen-bond acceptors (Lipinski definition) is 5. The molecular weight excluding hydrogens is 403 g/mol. The van der Waals surface area contributed by atoms with Crippen LogP contribution in [0.2, 0.25) is 0 Å². The molecule has 0 saturated heterocycles. The van der Waals surface area contributed by atoms with Crippen LogP contribution >= 0.6 is 11.8 Å². The van der Waals surface area contributed by atoms with Crippen LogP contribution in [0.15, 0.2) is 63.1 Å². The number of aromatic nitrogens is 4. The average Bonchev–Trinajstić information content (AvgIpc) is 2.75. The summed E-state index contributed by atoms with van der Waals surface area (Å²) in [5, 5.41) is 0.777. The minimum Gasteiger partial charge on any atom is -0.280 e. The van der Waals surface area contributed by atoms with E-state index in [4.69, 9.17) is 0 Å². The van der Waals surface area contributed by atoms with Crippen LogP contribution in [0, 0.1) is 12.7 Å². The highest BCUT2D eigenvalue weighted by Crippen LogP contribution is 2.28. The second-order valence-electron chi connectivity index (χ2n) is 7.04. The standard InChI is InChI=1S/C22H19FN4O2S/c1-13-4-6-14(7-5-13)12-30-20-17-19(26(2)22(29)27(3)21(17)28)24-18(25-20)15-8-10-16(23)11-9-15/h4-11H,12H2,1-3H3. The molecular formula is C22H19FN4O2S. The van der Waals surface area contributed by atoms with Gasteiger partial charge in [-0.25, -0.2) is 19.2 Å². The van der Waals surface area contributed by atoms with Gasteiger partial charge in [-0.15, -0.1) is 11.8 Å². The maximum absolute atomic E-state index is 13.4. The van der Waals surface area contributed by atoms with E-state index in [1.54, 1.807) is 19.2 Å². The average molecular weight is 422 g/mol. The quantitative estimate of drug-likeness (QED) is 0.372. The van der Waals surface area contributed by atoms with Crippen molar-refractivity contribution in [2.45, 2.75) is 17.7 Å². The highest BCUT2D eigenvalue weighted by Gasteiger charge is 2.18. The molecule has 0 radical (unpaired) electrons. The van der Waals surface area contributed by atoms with Gasteiger partial charge < -0.3 is 0 Å². The Bertz CT molecular complexity index is 1360. The molecule has 152 valence electrons. The van der Waals surface area contributed by atoms with Crippen LogP contribution in [0.1, 0.15) is 11.1 Å². The Hall–Kier alpha value is -3.26. The van der Waals surface area contributed by atoms with E-state index in [2.05, 4.69) is 9.97 Å². The minimum atomic E-state index is -0.467. The molecule has 0 aliphatic carbocycles. The molecule has 0 spiro atoms. The third-order valence-corrected chi connectivity index (χ3v) is 5.91. The van der Waals surface area contributed by atoms with Gasteiger partial charge in [-0.3, -0.25) is 13.9 Å². The Labute approximate surface area is 176 Å². The molecule has 2 heterocycles. The normalized spacial score (nSPS) is 11.2. The van der Waals surface area contributed by atoms with E-state index < -0.39 is 11.2 Å². The number of halogens is 1. The molecule has 0 amide bonds. The third-order valence-electron chi connectivity index (χ3n) is 4.87. The molecule has 6 nitrogen and oxygen atoms in total. The summed E-state index contributed by atoms with van der Waals surface area (Å²) in [6.07, 6.45) is 0. The van der Waals surface area contributed by atoms with E-state index >= 15 is 0 Å². The fraction of sp³-hybridized carbons (Fsp3) is 0.182. The predicted octanol–water partition coefficient (Wildman–Crippen LogP) is 3.43. The first-order valence-corrected chi connectivity index (χ1v) is 10.3. The van der Waals surface area contributed by atoms with E-state index in [1.165, 1.54) is 41.1 Å². The fourth-order valence-electron chi connectivity index (χ4n) is 3.10.